The van der Waals surface area contributed by atoms with Gasteiger partial charge in [-0.15, -0.1) is 0 Å². The van der Waals surface area contributed by atoms with Gasteiger partial charge in [0.05, 0.1) is 37.4 Å². The lowest BCUT2D eigenvalue weighted by Crippen LogP contribution is -2.51. The highest BCUT2D eigenvalue weighted by atomic mass is 32.2. The van der Waals surface area contributed by atoms with Gasteiger partial charge in [-0.2, -0.15) is 0 Å². The van der Waals surface area contributed by atoms with Crippen LogP contribution in [0.15, 0.2) is 36.5 Å². The fraction of sp³-hybridized carbons (Fsp3) is 0.458. The SMILES string of the molecule is C[C@@H]1COCC2CCOc3c(nc(-c4ccc5ncccc5c4)nc3C(C)(C)S(C)(=O)=O)N21. The van der Waals surface area contributed by atoms with E-state index in [1.165, 1.54) is 6.26 Å². The third kappa shape index (κ3) is 3.73. The number of ether oxygens (including phenoxy) is 2. The second-order valence-electron chi connectivity index (χ2n) is 9.33. The standard InChI is InChI=1S/C24H28N4O4S/c1-15-13-31-14-18-9-11-32-20-21(24(2,3)33(4,29)30)26-22(27-23(20)28(15)18)17-7-8-19-16(12-17)6-5-10-25-19/h5-8,10,12,15,18H,9,11,13-14H2,1-4H3/t15-,18?/m1/s1. The molecule has 5 rings (SSSR count). The van der Waals surface area contributed by atoms with E-state index in [0.717, 1.165) is 22.9 Å². The fourth-order valence-corrected chi connectivity index (χ4v) is 4.96. The Bertz CT molecular complexity index is 1330. The maximum absolute atomic E-state index is 12.8. The van der Waals surface area contributed by atoms with Gasteiger partial charge in [-0.3, -0.25) is 4.98 Å². The molecule has 0 N–H and O–H groups in total. The van der Waals surface area contributed by atoms with Crippen LogP contribution in [0.25, 0.3) is 22.3 Å². The number of benzene rings is 1. The molecule has 4 heterocycles. The van der Waals surface area contributed by atoms with Crippen molar-refractivity contribution in [1.29, 1.82) is 0 Å². The lowest BCUT2D eigenvalue weighted by atomic mass is 10.0. The maximum Gasteiger partial charge on any atom is 0.185 e. The van der Waals surface area contributed by atoms with E-state index in [0.29, 0.717) is 42.9 Å². The van der Waals surface area contributed by atoms with Crippen LogP contribution in [-0.4, -0.2) is 61.5 Å². The zero-order valence-corrected chi connectivity index (χ0v) is 20.1. The number of anilines is 1. The molecule has 2 atom stereocenters. The van der Waals surface area contributed by atoms with E-state index >= 15 is 0 Å². The first-order valence-corrected chi connectivity index (χ1v) is 13.0. The van der Waals surface area contributed by atoms with Crippen LogP contribution in [-0.2, 0) is 19.3 Å². The Morgan fingerprint density at radius 1 is 1.15 bits per heavy atom. The average molecular weight is 469 g/mol. The van der Waals surface area contributed by atoms with Crippen LogP contribution in [0.1, 0.15) is 32.9 Å². The zero-order chi connectivity index (χ0) is 23.4. The van der Waals surface area contributed by atoms with Crippen molar-refractivity contribution in [3.63, 3.8) is 0 Å². The van der Waals surface area contributed by atoms with Crippen molar-refractivity contribution in [3.05, 3.63) is 42.2 Å². The minimum Gasteiger partial charge on any atom is -0.488 e. The monoisotopic (exact) mass is 468 g/mol. The first-order chi connectivity index (χ1) is 15.7. The normalized spacial score (nSPS) is 21.2. The molecule has 8 nitrogen and oxygen atoms in total. The topological polar surface area (TPSA) is 94.5 Å². The van der Waals surface area contributed by atoms with Gasteiger partial charge >= 0.3 is 0 Å². The van der Waals surface area contributed by atoms with Gasteiger partial charge in [-0.05, 0) is 45.0 Å². The maximum atomic E-state index is 12.8. The van der Waals surface area contributed by atoms with Crippen molar-refractivity contribution in [2.24, 2.45) is 0 Å². The van der Waals surface area contributed by atoms with Crippen LogP contribution in [0, 0.1) is 0 Å². The van der Waals surface area contributed by atoms with Crippen molar-refractivity contribution in [2.75, 3.05) is 31.0 Å². The van der Waals surface area contributed by atoms with E-state index in [9.17, 15) is 8.42 Å². The molecule has 0 spiro atoms. The minimum atomic E-state index is -3.50. The van der Waals surface area contributed by atoms with Crippen LogP contribution >= 0.6 is 0 Å². The third-order valence-electron chi connectivity index (χ3n) is 6.69. The van der Waals surface area contributed by atoms with Crippen molar-refractivity contribution in [1.82, 2.24) is 15.0 Å². The average Bonchev–Trinajstić information content (AvgIpc) is 2.97. The molecular weight excluding hydrogens is 440 g/mol. The number of aromatic nitrogens is 3. The Morgan fingerprint density at radius 2 is 1.97 bits per heavy atom. The molecule has 1 aromatic carbocycles. The molecule has 0 radical (unpaired) electrons. The van der Waals surface area contributed by atoms with E-state index in [-0.39, 0.29) is 12.1 Å². The molecule has 2 aliphatic heterocycles. The van der Waals surface area contributed by atoms with Crippen LogP contribution in [0.3, 0.4) is 0 Å². The van der Waals surface area contributed by atoms with E-state index in [1.807, 2.05) is 30.3 Å². The highest BCUT2D eigenvalue weighted by Crippen LogP contribution is 2.44. The summed E-state index contributed by atoms with van der Waals surface area (Å²) in [5, 5.41) is 0.964. The van der Waals surface area contributed by atoms with Gasteiger partial charge < -0.3 is 14.4 Å². The summed E-state index contributed by atoms with van der Waals surface area (Å²) in [6.07, 6.45) is 3.75. The molecule has 0 saturated carbocycles. The fourth-order valence-electron chi connectivity index (χ4n) is 4.47. The number of hydrogen-bond acceptors (Lipinski definition) is 8. The number of sulfone groups is 1. The van der Waals surface area contributed by atoms with Gasteiger partial charge in [0.1, 0.15) is 10.4 Å². The molecule has 0 amide bonds. The molecule has 2 aliphatic rings. The third-order valence-corrected chi connectivity index (χ3v) is 8.73. The summed E-state index contributed by atoms with van der Waals surface area (Å²) >= 11 is 0. The van der Waals surface area contributed by atoms with E-state index in [4.69, 9.17) is 19.4 Å². The zero-order valence-electron chi connectivity index (χ0n) is 19.3. The second-order valence-corrected chi connectivity index (χ2v) is 11.9. The summed E-state index contributed by atoms with van der Waals surface area (Å²) in [6.45, 7) is 7.04. The molecule has 1 saturated heterocycles. The van der Waals surface area contributed by atoms with Crippen molar-refractivity contribution < 1.29 is 17.9 Å². The van der Waals surface area contributed by atoms with Crippen molar-refractivity contribution >= 4 is 26.6 Å². The molecule has 0 aliphatic carbocycles. The van der Waals surface area contributed by atoms with E-state index < -0.39 is 14.6 Å². The highest BCUT2D eigenvalue weighted by molar-refractivity contribution is 7.91. The summed E-state index contributed by atoms with van der Waals surface area (Å²) in [4.78, 5) is 16.4. The summed E-state index contributed by atoms with van der Waals surface area (Å²) in [5.41, 5.74) is 2.05. The molecule has 1 fully saturated rings. The number of fused-ring (bicyclic) bond motifs is 4. The Kier molecular flexibility index (Phi) is 5.29. The van der Waals surface area contributed by atoms with Crippen molar-refractivity contribution in [3.8, 4) is 17.1 Å². The smallest absolute Gasteiger partial charge is 0.185 e. The van der Waals surface area contributed by atoms with Crippen LogP contribution < -0.4 is 9.64 Å². The van der Waals surface area contributed by atoms with Gasteiger partial charge in [0.15, 0.2) is 27.2 Å². The molecule has 2 aromatic heterocycles. The molecule has 3 aromatic rings. The molecule has 0 bridgehead atoms. The Balaban J connectivity index is 1.78. The first kappa shape index (κ1) is 22.0. The first-order valence-electron chi connectivity index (χ1n) is 11.1. The minimum absolute atomic E-state index is 0.0712. The lowest BCUT2D eigenvalue weighted by Gasteiger charge is -2.40. The molecule has 174 valence electrons. The van der Waals surface area contributed by atoms with Gasteiger partial charge in [-0.1, -0.05) is 6.07 Å². The highest BCUT2D eigenvalue weighted by Gasteiger charge is 2.42. The Labute approximate surface area is 193 Å². The largest absolute Gasteiger partial charge is 0.488 e. The lowest BCUT2D eigenvalue weighted by molar-refractivity contribution is 0.0671. The van der Waals surface area contributed by atoms with Gasteiger partial charge in [0.25, 0.3) is 0 Å². The van der Waals surface area contributed by atoms with Crippen LogP contribution in [0.2, 0.25) is 0 Å². The molecular formula is C24H28N4O4S. The molecule has 1 unspecified atom stereocenters. The van der Waals surface area contributed by atoms with Gasteiger partial charge in [0.2, 0.25) is 0 Å². The van der Waals surface area contributed by atoms with Crippen LogP contribution in [0.5, 0.6) is 5.75 Å². The van der Waals surface area contributed by atoms with Gasteiger partial charge in [0, 0.05) is 29.8 Å². The predicted octanol–water partition coefficient (Wildman–Crippen LogP) is 3.35. The van der Waals surface area contributed by atoms with E-state index in [2.05, 4.69) is 16.8 Å². The summed E-state index contributed by atoms with van der Waals surface area (Å²) in [6, 6.07) is 9.88. The Morgan fingerprint density at radius 3 is 2.76 bits per heavy atom. The summed E-state index contributed by atoms with van der Waals surface area (Å²) in [7, 11) is -3.50. The Hall–Kier alpha value is -2.78. The molecule has 9 heteroatoms. The van der Waals surface area contributed by atoms with Gasteiger partial charge in [-0.25, -0.2) is 18.4 Å². The predicted molar refractivity (Wildman–Crippen MR) is 127 cm³/mol. The summed E-state index contributed by atoms with van der Waals surface area (Å²) in [5.74, 6) is 1.55. The molecule has 33 heavy (non-hydrogen) atoms. The number of nitrogens with zero attached hydrogens (tertiary/aromatic N) is 4. The quantitative estimate of drug-likeness (QED) is 0.578. The number of pyridine rings is 1. The number of morpholine rings is 1. The number of rotatable bonds is 3. The summed E-state index contributed by atoms with van der Waals surface area (Å²) < 4.78 is 36.4. The second kappa shape index (κ2) is 7.92. The van der Waals surface area contributed by atoms with Crippen LogP contribution in [0.4, 0.5) is 5.82 Å². The number of hydrogen-bond donors (Lipinski definition) is 0. The van der Waals surface area contributed by atoms with E-state index in [1.54, 1.807) is 20.0 Å². The van der Waals surface area contributed by atoms with Crippen molar-refractivity contribution in [2.45, 2.75) is 44.0 Å².